The van der Waals surface area contributed by atoms with E-state index in [9.17, 15) is 9.59 Å². The lowest BCUT2D eigenvalue weighted by atomic mass is 10.0. The second kappa shape index (κ2) is 6.73. The number of carbonyl (C=O) groups is 1. The van der Waals surface area contributed by atoms with Gasteiger partial charge in [0.25, 0.3) is 5.56 Å². The zero-order valence-electron chi connectivity index (χ0n) is 13.2. The number of nitrogens with zero attached hydrogens (tertiary/aromatic N) is 4. The highest BCUT2D eigenvalue weighted by Crippen LogP contribution is 2.21. The molecule has 1 aliphatic rings. The first-order valence-corrected chi connectivity index (χ1v) is 8.02. The Morgan fingerprint density at radius 2 is 2.13 bits per heavy atom. The molecule has 0 radical (unpaired) electrons. The quantitative estimate of drug-likeness (QED) is 0.867. The van der Waals surface area contributed by atoms with Gasteiger partial charge < -0.3 is 4.90 Å². The topological polar surface area (TPSA) is 68.1 Å². The molecule has 0 bridgehead atoms. The summed E-state index contributed by atoms with van der Waals surface area (Å²) in [6.07, 6.45) is 6.32. The number of hydrogen-bond donors (Lipinski definition) is 0. The fourth-order valence-corrected chi connectivity index (χ4v) is 2.95. The fourth-order valence-electron chi connectivity index (χ4n) is 2.95. The van der Waals surface area contributed by atoms with E-state index in [1.54, 1.807) is 29.2 Å². The molecule has 6 nitrogen and oxygen atoms in total. The van der Waals surface area contributed by atoms with Crippen LogP contribution in [0.1, 0.15) is 32.6 Å². The molecule has 1 amide bonds. The van der Waals surface area contributed by atoms with Crippen molar-refractivity contribution < 1.29 is 4.79 Å². The third-order valence-electron chi connectivity index (χ3n) is 4.15. The van der Waals surface area contributed by atoms with Crippen molar-refractivity contribution in [2.75, 3.05) is 6.54 Å². The van der Waals surface area contributed by atoms with Gasteiger partial charge in [-0.25, -0.2) is 4.68 Å². The number of likely N-dealkylation sites (N-methyl/N-ethyl adjacent to an activating group) is 1. The largest absolute Gasteiger partial charge is 0.315 e. The lowest BCUT2D eigenvalue weighted by molar-refractivity contribution is -0.130. The summed E-state index contributed by atoms with van der Waals surface area (Å²) in [5.74, 6) is -0.118. The van der Waals surface area contributed by atoms with Crippen molar-refractivity contribution >= 4 is 16.8 Å². The number of fused-ring (bicyclic) bond motifs is 1. The highest BCUT2D eigenvalue weighted by Gasteiger charge is 2.19. The normalized spacial score (nSPS) is 14.6. The number of amides is 1. The third-order valence-corrected chi connectivity index (χ3v) is 4.15. The first kappa shape index (κ1) is 15.4. The van der Waals surface area contributed by atoms with E-state index in [4.69, 9.17) is 0 Å². The van der Waals surface area contributed by atoms with Gasteiger partial charge in [0.2, 0.25) is 5.91 Å². The molecule has 1 aromatic carbocycles. The lowest BCUT2D eigenvalue weighted by Crippen LogP contribution is -2.37. The average Bonchev–Trinajstić information content (AvgIpc) is 2.59. The van der Waals surface area contributed by atoms with E-state index in [1.807, 2.05) is 6.92 Å². The molecule has 3 rings (SSSR count). The van der Waals surface area contributed by atoms with E-state index in [1.165, 1.54) is 6.42 Å². The molecule has 0 spiro atoms. The molecule has 120 valence electrons. The summed E-state index contributed by atoms with van der Waals surface area (Å²) in [5.41, 5.74) is 1.33. The van der Waals surface area contributed by atoms with Gasteiger partial charge in [-0.1, -0.05) is 23.4 Å². The number of rotatable bonds is 4. The third kappa shape index (κ3) is 3.16. The molecular weight excluding hydrogens is 292 g/mol. The molecule has 0 fully saturated rings. The Kier molecular flexibility index (Phi) is 4.50. The Morgan fingerprint density at radius 1 is 1.30 bits per heavy atom. The summed E-state index contributed by atoms with van der Waals surface area (Å²) >= 11 is 0. The zero-order valence-corrected chi connectivity index (χ0v) is 13.2. The van der Waals surface area contributed by atoms with Gasteiger partial charge >= 0.3 is 0 Å². The molecule has 0 aliphatic heterocycles. The van der Waals surface area contributed by atoms with Crippen LogP contribution < -0.4 is 5.56 Å². The lowest BCUT2D eigenvalue weighted by Gasteiger charge is -2.26. The van der Waals surface area contributed by atoms with Crippen LogP contribution in [-0.4, -0.2) is 32.3 Å². The smallest absolute Gasteiger partial charge is 0.278 e. The Bertz CT molecular complexity index is 810. The molecule has 1 aliphatic carbocycles. The standard InChI is InChI=1S/C17H20N4O2/c1-2-20(13-8-4-3-5-9-13)16(22)12-21-17(23)14-10-6-7-11-15(14)18-19-21/h6-8,10-11H,2-5,9,12H2,1H3. The average molecular weight is 312 g/mol. The SMILES string of the molecule is CCN(C(=O)Cn1nnc2ccccc2c1=O)C1=CCCCC1. The van der Waals surface area contributed by atoms with Crippen LogP contribution >= 0.6 is 0 Å². The molecule has 0 unspecified atom stereocenters. The molecule has 1 heterocycles. The highest BCUT2D eigenvalue weighted by atomic mass is 16.2. The Labute approximate surface area is 134 Å². The number of aromatic nitrogens is 3. The van der Waals surface area contributed by atoms with Crippen molar-refractivity contribution in [2.24, 2.45) is 0 Å². The van der Waals surface area contributed by atoms with Crippen LogP contribution in [0.3, 0.4) is 0 Å². The first-order valence-electron chi connectivity index (χ1n) is 8.02. The van der Waals surface area contributed by atoms with Gasteiger partial charge in [0.15, 0.2) is 0 Å². The summed E-state index contributed by atoms with van der Waals surface area (Å²) in [6, 6.07) is 7.03. The van der Waals surface area contributed by atoms with E-state index in [0.717, 1.165) is 29.6 Å². The molecule has 0 saturated carbocycles. The second-order valence-electron chi connectivity index (χ2n) is 5.65. The van der Waals surface area contributed by atoms with Crippen molar-refractivity contribution in [3.63, 3.8) is 0 Å². The van der Waals surface area contributed by atoms with Gasteiger partial charge in [-0.3, -0.25) is 9.59 Å². The van der Waals surface area contributed by atoms with Crippen LogP contribution in [0, 0.1) is 0 Å². The summed E-state index contributed by atoms with van der Waals surface area (Å²) < 4.78 is 1.15. The Balaban J connectivity index is 1.86. The predicted octanol–water partition coefficient (Wildman–Crippen LogP) is 2.10. The minimum Gasteiger partial charge on any atom is -0.315 e. The maximum atomic E-state index is 12.6. The number of benzene rings is 1. The van der Waals surface area contributed by atoms with Crippen LogP contribution in [0.2, 0.25) is 0 Å². The van der Waals surface area contributed by atoms with E-state index in [0.29, 0.717) is 17.4 Å². The Hall–Kier alpha value is -2.50. The van der Waals surface area contributed by atoms with E-state index >= 15 is 0 Å². The van der Waals surface area contributed by atoms with Crippen LogP contribution in [0.15, 0.2) is 40.8 Å². The maximum absolute atomic E-state index is 12.6. The van der Waals surface area contributed by atoms with Gasteiger partial charge in [0, 0.05) is 12.2 Å². The van der Waals surface area contributed by atoms with Gasteiger partial charge in [0.1, 0.15) is 12.1 Å². The molecule has 0 saturated heterocycles. The molecule has 23 heavy (non-hydrogen) atoms. The van der Waals surface area contributed by atoms with Gasteiger partial charge in [0.05, 0.1) is 5.39 Å². The molecule has 0 atom stereocenters. The van der Waals surface area contributed by atoms with Crippen LogP contribution in [0.4, 0.5) is 0 Å². The number of hydrogen-bond acceptors (Lipinski definition) is 4. The second-order valence-corrected chi connectivity index (χ2v) is 5.65. The van der Waals surface area contributed by atoms with Crippen molar-refractivity contribution in [2.45, 2.75) is 39.2 Å². The monoisotopic (exact) mass is 312 g/mol. The molecule has 1 aromatic heterocycles. The van der Waals surface area contributed by atoms with E-state index in [-0.39, 0.29) is 18.0 Å². The van der Waals surface area contributed by atoms with Crippen molar-refractivity contribution in [3.8, 4) is 0 Å². The van der Waals surface area contributed by atoms with Crippen molar-refractivity contribution in [3.05, 3.63) is 46.4 Å². The summed E-state index contributed by atoms with van der Waals surface area (Å²) in [7, 11) is 0. The summed E-state index contributed by atoms with van der Waals surface area (Å²) in [5, 5.41) is 8.40. The van der Waals surface area contributed by atoms with Crippen LogP contribution in [0.5, 0.6) is 0 Å². The molecule has 6 heteroatoms. The number of carbonyl (C=O) groups excluding carboxylic acids is 1. The minimum atomic E-state index is -0.280. The van der Waals surface area contributed by atoms with Crippen molar-refractivity contribution in [1.82, 2.24) is 19.9 Å². The van der Waals surface area contributed by atoms with Gasteiger partial charge in [-0.2, -0.15) is 0 Å². The molecule has 2 aromatic rings. The van der Waals surface area contributed by atoms with E-state index in [2.05, 4.69) is 16.4 Å². The predicted molar refractivity (Wildman–Crippen MR) is 87.7 cm³/mol. The zero-order chi connectivity index (χ0) is 16.2. The molecular formula is C17H20N4O2. The molecule has 0 N–H and O–H groups in total. The summed E-state index contributed by atoms with van der Waals surface area (Å²) in [4.78, 5) is 26.8. The fraction of sp³-hybridized carbons (Fsp3) is 0.412. The number of allylic oxidation sites excluding steroid dienone is 2. The van der Waals surface area contributed by atoms with Crippen LogP contribution in [-0.2, 0) is 11.3 Å². The van der Waals surface area contributed by atoms with Gasteiger partial charge in [-0.05, 0) is 44.7 Å². The highest BCUT2D eigenvalue weighted by molar-refractivity contribution is 5.79. The van der Waals surface area contributed by atoms with Gasteiger partial charge in [-0.15, -0.1) is 5.10 Å². The summed E-state index contributed by atoms with van der Waals surface area (Å²) in [6.45, 7) is 2.46. The van der Waals surface area contributed by atoms with Crippen molar-refractivity contribution in [1.29, 1.82) is 0 Å². The minimum absolute atomic E-state index is 0.0815. The maximum Gasteiger partial charge on any atom is 0.278 e. The van der Waals surface area contributed by atoms with E-state index < -0.39 is 0 Å². The first-order chi connectivity index (χ1) is 11.2. The Morgan fingerprint density at radius 3 is 2.87 bits per heavy atom. The van der Waals surface area contributed by atoms with Crippen LogP contribution in [0.25, 0.3) is 10.9 Å².